The highest BCUT2D eigenvalue weighted by Crippen LogP contribution is 2.28. The Morgan fingerprint density at radius 2 is 1.85 bits per heavy atom. The van der Waals surface area contributed by atoms with Crippen LogP contribution in [-0.4, -0.2) is 17.7 Å². The second-order valence-electron chi connectivity index (χ2n) is 4.48. The number of halogens is 2. The molecule has 5 nitrogen and oxygen atoms in total. The molecule has 0 unspecified atom stereocenters. The summed E-state index contributed by atoms with van der Waals surface area (Å²) in [4.78, 5) is 23.5. The average Bonchev–Trinajstić information content (AvgIpc) is 2.31. The molecule has 0 amide bonds. The van der Waals surface area contributed by atoms with Gasteiger partial charge in [0.05, 0.1) is 10.2 Å². The molecule has 1 heterocycles. The van der Waals surface area contributed by atoms with Crippen molar-refractivity contribution in [2.45, 2.75) is 19.6 Å². The van der Waals surface area contributed by atoms with E-state index < -0.39 is 17.7 Å². The zero-order chi connectivity index (χ0) is 14.9. The number of cyclic esters (lactones) is 2. The van der Waals surface area contributed by atoms with E-state index >= 15 is 0 Å². The molecule has 0 saturated carbocycles. The first-order chi connectivity index (χ1) is 9.30. The van der Waals surface area contributed by atoms with Gasteiger partial charge in [-0.3, -0.25) is 0 Å². The highest BCUT2D eigenvalue weighted by Gasteiger charge is 2.38. The summed E-state index contributed by atoms with van der Waals surface area (Å²) in [5.41, 5.74) is 0.560. The van der Waals surface area contributed by atoms with Gasteiger partial charge in [0.1, 0.15) is 0 Å². The van der Waals surface area contributed by atoms with E-state index in [4.69, 9.17) is 9.47 Å². The molecule has 1 fully saturated rings. The zero-order valence-electron chi connectivity index (χ0n) is 10.7. The van der Waals surface area contributed by atoms with Crippen molar-refractivity contribution < 1.29 is 19.1 Å². The SMILES string of the molecule is CC1(C)OC(=O)C(=CNc2cccc(I)c2Br)C(=O)O1. The van der Waals surface area contributed by atoms with Gasteiger partial charge in [0, 0.05) is 23.6 Å². The molecule has 1 aliphatic heterocycles. The first-order valence-electron chi connectivity index (χ1n) is 5.67. The predicted molar refractivity (Wildman–Crippen MR) is 84.8 cm³/mol. The Kier molecular flexibility index (Phi) is 4.38. The van der Waals surface area contributed by atoms with Crippen LogP contribution in [0.3, 0.4) is 0 Å². The lowest BCUT2D eigenvalue weighted by Crippen LogP contribution is -2.42. The van der Waals surface area contributed by atoms with Gasteiger partial charge in [-0.2, -0.15) is 0 Å². The molecule has 0 radical (unpaired) electrons. The van der Waals surface area contributed by atoms with Crippen LogP contribution in [0.25, 0.3) is 0 Å². The first-order valence-corrected chi connectivity index (χ1v) is 7.55. The fraction of sp³-hybridized carbons (Fsp3) is 0.231. The van der Waals surface area contributed by atoms with E-state index in [2.05, 4.69) is 43.8 Å². The van der Waals surface area contributed by atoms with E-state index in [0.29, 0.717) is 0 Å². The summed E-state index contributed by atoms with van der Waals surface area (Å²) in [5, 5.41) is 2.90. The quantitative estimate of drug-likeness (QED) is 0.324. The van der Waals surface area contributed by atoms with Crippen LogP contribution in [-0.2, 0) is 19.1 Å². The molecular weight excluding hydrogens is 441 g/mol. The van der Waals surface area contributed by atoms with Crippen molar-refractivity contribution in [2.75, 3.05) is 5.32 Å². The van der Waals surface area contributed by atoms with Crippen molar-refractivity contribution in [1.29, 1.82) is 0 Å². The molecule has 2 rings (SSSR count). The van der Waals surface area contributed by atoms with E-state index in [1.165, 1.54) is 20.0 Å². The number of anilines is 1. The van der Waals surface area contributed by atoms with Crippen molar-refractivity contribution >= 4 is 56.1 Å². The average molecular weight is 452 g/mol. The third kappa shape index (κ3) is 3.32. The second-order valence-corrected chi connectivity index (χ2v) is 6.44. The maximum atomic E-state index is 11.7. The number of carbonyl (C=O) groups is 2. The maximum absolute atomic E-state index is 11.7. The lowest BCUT2D eigenvalue weighted by Gasteiger charge is -2.29. The van der Waals surface area contributed by atoms with Gasteiger partial charge in [-0.1, -0.05) is 6.07 Å². The molecular formula is C13H11BrINO4. The summed E-state index contributed by atoms with van der Waals surface area (Å²) in [6.07, 6.45) is 1.29. The maximum Gasteiger partial charge on any atom is 0.350 e. The fourth-order valence-electron chi connectivity index (χ4n) is 1.54. The van der Waals surface area contributed by atoms with Gasteiger partial charge < -0.3 is 14.8 Å². The van der Waals surface area contributed by atoms with Crippen molar-refractivity contribution in [1.82, 2.24) is 0 Å². The van der Waals surface area contributed by atoms with Gasteiger partial charge in [-0.05, 0) is 50.7 Å². The normalized spacial score (nSPS) is 17.3. The van der Waals surface area contributed by atoms with Crippen LogP contribution in [0.4, 0.5) is 5.69 Å². The van der Waals surface area contributed by atoms with Crippen LogP contribution in [0.15, 0.2) is 34.4 Å². The number of rotatable bonds is 2. The van der Waals surface area contributed by atoms with Gasteiger partial charge in [0.2, 0.25) is 0 Å². The fourth-order valence-corrected chi connectivity index (χ4v) is 2.42. The molecule has 0 bridgehead atoms. The zero-order valence-corrected chi connectivity index (χ0v) is 14.4. The van der Waals surface area contributed by atoms with Crippen molar-refractivity contribution in [3.63, 3.8) is 0 Å². The molecule has 106 valence electrons. The Balaban J connectivity index is 2.22. The highest BCUT2D eigenvalue weighted by atomic mass is 127. The number of ether oxygens (including phenoxy) is 2. The Morgan fingerprint density at radius 3 is 2.45 bits per heavy atom. The lowest BCUT2D eigenvalue weighted by atomic mass is 10.2. The van der Waals surface area contributed by atoms with E-state index in [1.807, 2.05) is 18.2 Å². The predicted octanol–water partition coefficient (Wildman–Crippen LogP) is 3.19. The van der Waals surface area contributed by atoms with Gasteiger partial charge >= 0.3 is 11.9 Å². The van der Waals surface area contributed by atoms with Crippen LogP contribution < -0.4 is 5.32 Å². The minimum Gasteiger partial charge on any atom is -0.419 e. The first kappa shape index (κ1) is 15.3. The molecule has 0 atom stereocenters. The number of esters is 2. The van der Waals surface area contributed by atoms with Crippen LogP contribution in [0.5, 0.6) is 0 Å². The van der Waals surface area contributed by atoms with E-state index in [0.717, 1.165) is 13.7 Å². The van der Waals surface area contributed by atoms with E-state index in [9.17, 15) is 9.59 Å². The number of benzene rings is 1. The molecule has 0 aliphatic carbocycles. The number of nitrogens with one attached hydrogen (secondary N) is 1. The van der Waals surface area contributed by atoms with Gasteiger partial charge in [-0.25, -0.2) is 9.59 Å². The summed E-state index contributed by atoms with van der Waals surface area (Å²) in [6.45, 7) is 3.01. The van der Waals surface area contributed by atoms with Gasteiger partial charge in [0.15, 0.2) is 5.57 Å². The lowest BCUT2D eigenvalue weighted by molar-refractivity contribution is -0.222. The number of hydrogen-bond acceptors (Lipinski definition) is 5. The van der Waals surface area contributed by atoms with Crippen molar-refractivity contribution in [3.8, 4) is 0 Å². The van der Waals surface area contributed by atoms with Crippen LogP contribution in [0.2, 0.25) is 0 Å². The smallest absolute Gasteiger partial charge is 0.350 e. The summed E-state index contributed by atoms with van der Waals surface area (Å²) in [6, 6.07) is 5.59. The van der Waals surface area contributed by atoms with Gasteiger partial charge in [-0.15, -0.1) is 0 Å². The Hall–Kier alpha value is -1.09. The molecule has 7 heteroatoms. The Bertz CT molecular complexity index is 590. The number of carbonyl (C=O) groups excluding carboxylic acids is 2. The molecule has 1 aliphatic rings. The molecule has 1 aromatic carbocycles. The number of hydrogen-bond donors (Lipinski definition) is 1. The van der Waals surface area contributed by atoms with Crippen LogP contribution >= 0.6 is 38.5 Å². The highest BCUT2D eigenvalue weighted by molar-refractivity contribution is 14.1. The third-order valence-electron chi connectivity index (χ3n) is 2.44. The largest absolute Gasteiger partial charge is 0.419 e. The van der Waals surface area contributed by atoms with Crippen molar-refractivity contribution in [2.24, 2.45) is 0 Å². The van der Waals surface area contributed by atoms with Crippen molar-refractivity contribution in [3.05, 3.63) is 38.0 Å². The topological polar surface area (TPSA) is 64.6 Å². The van der Waals surface area contributed by atoms with E-state index in [1.54, 1.807) is 0 Å². The molecule has 1 saturated heterocycles. The van der Waals surface area contributed by atoms with Crippen LogP contribution in [0, 0.1) is 3.57 Å². The standard InChI is InChI=1S/C13H11BrINO4/c1-13(2)19-11(17)7(12(18)20-13)6-16-9-5-3-4-8(15)10(9)14/h3-6,16H,1-2H3. The Morgan fingerprint density at radius 1 is 1.25 bits per heavy atom. The summed E-state index contributed by atoms with van der Waals surface area (Å²) < 4.78 is 11.8. The molecule has 0 spiro atoms. The summed E-state index contributed by atoms with van der Waals surface area (Å²) in [7, 11) is 0. The monoisotopic (exact) mass is 451 g/mol. The van der Waals surface area contributed by atoms with Crippen LogP contribution in [0.1, 0.15) is 13.8 Å². The van der Waals surface area contributed by atoms with E-state index in [-0.39, 0.29) is 5.57 Å². The Labute approximate surface area is 138 Å². The second kappa shape index (κ2) is 5.72. The minimum atomic E-state index is -1.23. The summed E-state index contributed by atoms with van der Waals surface area (Å²) in [5.74, 6) is -2.64. The molecule has 1 N–H and O–H groups in total. The van der Waals surface area contributed by atoms with Gasteiger partial charge in [0.25, 0.3) is 5.79 Å². The minimum absolute atomic E-state index is 0.171. The molecule has 0 aromatic heterocycles. The summed E-state index contributed by atoms with van der Waals surface area (Å²) >= 11 is 5.59. The molecule has 20 heavy (non-hydrogen) atoms. The molecule has 1 aromatic rings. The third-order valence-corrected chi connectivity index (χ3v) is 4.93.